The molecule has 0 fully saturated rings. The van der Waals surface area contributed by atoms with Crippen molar-refractivity contribution in [1.82, 2.24) is 9.97 Å². The number of nitrogens with zero attached hydrogens (tertiary/aromatic N) is 1. The lowest BCUT2D eigenvalue weighted by atomic mass is 10.1. The molecule has 0 aliphatic carbocycles. The number of nitrogens with one attached hydrogen (secondary N) is 1. The standard InChI is InChI=1S/C15H12N2O2/c1-9-4-2-7-12-13(9)17-14(16-12)10-5-3-6-11(8-10)15(18)19/h2-8H,1H3,(H,16,17)(H,18,19). The number of carbonyl (C=O) groups is 1. The Morgan fingerprint density at radius 1 is 1.21 bits per heavy atom. The maximum Gasteiger partial charge on any atom is 0.335 e. The Bertz CT molecular complexity index is 775. The van der Waals surface area contributed by atoms with E-state index in [9.17, 15) is 4.79 Å². The fraction of sp³-hybridized carbons (Fsp3) is 0.0667. The van der Waals surface area contributed by atoms with Crippen LogP contribution in [-0.4, -0.2) is 21.0 Å². The van der Waals surface area contributed by atoms with Gasteiger partial charge in [0.2, 0.25) is 0 Å². The number of carboxylic acids is 1. The van der Waals surface area contributed by atoms with Crippen molar-refractivity contribution in [3.63, 3.8) is 0 Å². The molecule has 4 nitrogen and oxygen atoms in total. The summed E-state index contributed by atoms with van der Waals surface area (Å²) < 4.78 is 0. The molecule has 0 radical (unpaired) electrons. The van der Waals surface area contributed by atoms with E-state index in [1.54, 1.807) is 18.2 Å². The van der Waals surface area contributed by atoms with Gasteiger partial charge < -0.3 is 10.1 Å². The summed E-state index contributed by atoms with van der Waals surface area (Å²) in [6.45, 7) is 2.00. The molecule has 0 unspecified atom stereocenters. The molecule has 4 heteroatoms. The van der Waals surface area contributed by atoms with E-state index in [2.05, 4.69) is 9.97 Å². The first-order valence-corrected chi connectivity index (χ1v) is 5.94. The van der Waals surface area contributed by atoms with Crippen LogP contribution in [0.25, 0.3) is 22.4 Å². The van der Waals surface area contributed by atoms with Gasteiger partial charge >= 0.3 is 5.97 Å². The topological polar surface area (TPSA) is 66.0 Å². The van der Waals surface area contributed by atoms with Crippen LogP contribution in [0.2, 0.25) is 0 Å². The Labute approximate surface area is 109 Å². The van der Waals surface area contributed by atoms with Gasteiger partial charge in [0.1, 0.15) is 5.82 Å². The summed E-state index contributed by atoms with van der Waals surface area (Å²) >= 11 is 0. The molecular weight excluding hydrogens is 240 g/mol. The fourth-order valence-corrected chi connectivity index (χ4v) is 2.11. The van der Waals surface area contributed by atoms with E-state index in [0.29, 0.717) is 5.82 Å². The van der Waals surface area contributed by atoms with Crippen molar-refractivity contribution in [2.75, 3.05) is 0 Å². The third-order valence-corrected chi connectivity index (χ3v) is 3.10. The minimum absolute atomic E-state index is 0.259. The van der Waals surface area contributed by atoms with Crippen LogP contribution in [0.4, 0.5) is 0 Å². The van der Waals surface area contributed by atoms with Crippen molar-refractivity contribution < 1.29 is 9.90 Å². The minimum atomic E-state index is -0.936. The number of imidazole rings is 1. The highest BCUT2D eigenvalue weighted by Crippen LogP contribution is 2.23. The summed E-state index contributed by atoms with van der Waals surface area (Å²) in [7, 11) is 0. The Balaban J connectivity index is 2.16. The average Bonchev–Trinajstić information content (AvgIpc) is 2.84. The molecule has 2 N–H and O–H groups in total. The van der Waals surface area contributed by atoms with Crippen LogP contribution in [0.5, 0.6) is 0 Å². The van der Waals surface area contributed by atoms with Crippen molar-refractivity contribution in [2.24, 2.45) is 0 Å². The molecule has 1 aromatic heterocycles. The summed E-state index contributed by atoms with van der Waals surface area (Å²) in [6.07, 6.45) is 0. The molecule has 3 rings (SSSR count). The molecule has 0 saturated carbocycles. The molecule has 1 heterocycles. The van der Waals surface area contributed by atoms with Gasteiger partial charge in [-0.05, 0) is 30.7 Å². The lowest BCUT2D eigenvalue weighted by molar-refractivity contribution is 0.0697. The van der Waals surface area contributed by atoms with Crippen molar-refractivity contribution in [3.8, 4) is 11.4 Å². The van der Waals surface area contributed by atoms with Gasteiger partial charge in [-0.3, -0.25) is 0 Å². The van der Waals surface area contributed by atoms with Crippen molar-refractivity contribution in [1.29, 1.82) is 0 Å². The average molecular weight is 252 g/mol. The lowest BCUT2D eigenvalue weighted by Crippen LogP contribution is -1.95. The van der Waals surface area contributed by atoms with Crippen LogP contribution < -0.4 is 0 Å². The predicted molar refractivity (Wildman–Crippen MR) is 73.2 cm³/mol. The van der Waals surface area contributed by atoms with Crippen LogP contribution in [0.15, 0.2) is 42.5 Å². The number of aromatic nitrogens is 2. The van der Waals surface area contributed by atoms with E-state index in [1.165, 1.54) is 0 Å². The Morgan fingerprint density at radius 3 is 2.74 bits per heavy atom. The van der Waals surface area contributed by atoms with E-state index in [4.69, 9.17) is 5.11 Å². The van der Waals surface area contributed by atoms with Gasteiger partial charge in [0, 0.05) is 5.56 Å². The first-order valence-electron chi connectivity index (χ1n) is 5.94. The third-order valence-electron chi connectivity index (χ3n) is 3.10. The number of carboxylic acid groups (broad SMARTS) is 1. The maximum absolute atomic E-state index is 11.0. The fourth-order valence-electron chi connectivity index (χ4n) is 2.11. The van der Waals surface area contributed by atoms with Gasteiger partial charge in [-0.1, -0.05) is 24.3 Å². The minimum Gasteiger partial charge on any atom is -0.478 e. The quantitative estimate of drug-likeness (QED) is 0.735. The number of benzene rings is 2. The number of H-pyrrole nitrogens is 1. The van der Waals surface area contributed by atoms with Gasteiger partial charge in [-0.25, -0.2) is 9.78 Å². The highest BCUT2D eigenvalue weighted by Gasteiger charge is 2.09. The zero-order chi connectivity index (χ0) is 13.4. The summed E-state index contributed by atoms with van der Waals surface area (Å²) in [5, 5.41) is 9.01. The van der Waals surface area contributed by atoms with Crippen molar-refractivity contribution in [3.05, 3.63) is 53.6 Å². The number of hydrogen-bond acceptors (Lipinski definition) is 2. The van der Waals surface area contributed by atoms with E-state index in [0.717, 1.165) is 22.2 Å². The van der Waals surface area contributed by atoms with Gasteiger partial charge in [0.15, 0.2) is 0 Å². The number of fused-ring (bicyclic) bond motifs is 1. The van der Waals surface area contributed by atoms with Crippen molar-refractivity contribution >= 4 is 17.0 Å². The Morgan fingerprint density at radius 2 is 2.00 bits per heavy atom. The Hall–Kier alpha value is -2.62. The lowest BCUT2D eigenvalue weighted by Gasteiger charge is -1.98. The van der Waals surface area contributed by atoms with Gasteiger partial charge in [0.25, 0.3) is 0 Å². The van der Waals surface area contributed by atoms with Gasteiger partial charge in [-0.2, -0.15) is 0 Å². The van der Waals surface area contributed by atoms with Crippen LogP contribution in [0.1, 0.15) is 15.9 Å². The van der Waals surface area contributed by atoms with Crippen molar-refractivity contribution in [2.45, 2.75) is 6.92 Å². The first kappa shape index (κ1) is 11.5. The number of aromatic carboxylic acids is 1. The number of aryl methyl sites for hydroxylation is 1. The van der Waals surface area contributed by atoms with Gasteiger partial charge in [0.05, 0.1) is 16.6 Å². The van der Waals surface area contributed by atoms with E-state index in [-0.39, 0.29) is 5.56 Å². The highest BCUT2D eigenvalue weighted by molar-refractivity contribution is 5.89. The summed E-state index contributed by atoms with van der Waals surface area (Å²) in [5.74, 6) is -0.249. The smallest absolute Gasteiger partial charge is 0.335 e. The molecule has 94 valence electrons. The van der Waals surface area contributed by atoms with E-state index >= 15 is 0 Å². The molecule has 0 spiro atoms. The molecule has 0 bridgehead atoms. The molecule has 19 heavy (non-hydrogen) atoms. The molecule has 0 aliphatic heterocycles. The predicted octanol–water partition coefficient (Wildman–Crippen LogP) is 3.24. The molecule has 0 aliphatic rings. The third kappa shape index (κ3) is 1.97. The molecule has 3 aromatic rings. The molecule has 0 atom stereocenters. The normalized spacial score (nSPS) is 10.8. The molecular formula is C15H12N2O2. The van der Waals surface area contributed by atoms with E-state index in [1.807, 2.05) is 31.2 Å². The van der Waals surface area contributed by atoms with Crippen LogP contribution in [0, 0.1) is 6.92 Å². The summed E-state index contributed by atoms with van der Waals surface area (Å²) in [5.41, 5.74) is 3.99. The highest BCUT2D eigenvalue weighted by atomic mass is 16.4. The number of aromatic amines is 1. The second kappa shape index (κ2) is 4.24. The summed E-state index contributed by atoms with van der Waals surface area (Å²) in [6, 6.07) is 12.7. The maximum atomic E-state index is 11.0. The monoisotopic (exact) mass is 252 g/mol. The summed E-state index contributed by atoms with van der Waals surface area (Å²) in [4.78, 5) is 18.7. The zero-order valence-electron chi connectivity index (χ0n) is 10.3. The number of para-hydroxylation sites is 1. The number of hydrogen-bond donors (Lipinski definition) is 2. The first-order chi connectivity index (χ1) is 9.15. The SMILES string of the molecule is Cc1cccc2[nH]c(-c3cccc(C(=O)O)c3)nc12. The van der Waals surface area contributed by atoms with Crippen LogP contribution >= 0.6 is 0 Å². The van der Waals surface area contributed by atoms with E-state index < -0.39 is 5.97 Å². The van der Waals surface area contributed by atoms with Crippen LogP contribution in [0.3, 0.4) is 0 Å². The Kier molecular flexibility index (Phi) is 2.56. The van der Waals surface area contributed by atoms with Crippen LogP contribution in [-0.2, 0) is 0 Å². The molecule has 0 amide bonds. The number of rotatable bonds is 2. The second-order valence-corrected chi connectivity index (χ2v) is 4.44. The zero-order valence-corrected chi connectivity index (χ0v) is 10.3. The largest absolute Gasteiger partial charge is 0.478 e. The molecule has 0 saturated heterocycles. The second-order valence-electron chi connectivity index (χ2n) is 4.44. The van der Waals surface area contributed by atoms with Gasteiger partial charge in [-0.15, -0.1) is 0 Å². The molecule has 2 aromatic carbocycles.